The fourth-order valence-electron chi connectivity index (χ4n) is 2.92. The van der Waals surface area contributed by atoms with Crippen molar-refractivity contribution < 1.29 is 14.6 Å². The topological polar surface area (TPSA) is 145 Å². The Morgan fingerprint density at radius 2 is 2.15 bits per heavy atom. The molecule has 2 rings (SSSR count). The maximum atomic E-state index is 12.1. The lowest BCUT2D eigenvalue weighted by Gasteiger charge is -2.15. The summed E-state index contributed by atoms with van der Waals surface area (Å²) in [7, 11) is 0. The molecule has 0 aromatic carbocycles. The van der Waals surface area contributed by atoms with Crippen molar-refractivity contribution in [1.82, 2.24) is 14.9 Å². The summed E-state index contributed by atoms with van der Waals surface area (Å²) >= 11 is 0. The van der Waals surface area contributed by atoms with E-state index in [1.165, 1.54) is 22.9 Å². The molecule has 2 heterocycles. The molecule has 150 valence electrons. The molecule has 0 aliphatic carbocycles. The molecule has 1 aromatic rings. The van der Waals surface area contributed by atoms with Crippen LogP contribution in [-0.4, -0.2) is 46.4 Å². The molecule has 6 N–H and O–H groups in total. The Morgan fingerprint density at radius 1 is 1.37 bits per heavy atom. The minimum Gasteiger partial charge on any atom is -0.394 e. The van der Waals surface area contributed by atoms with E-state index in [-0.39, 0.29) is 24.4 Å². The summed E-state index contributed by atoms with van der Waals surface area (Å²) in [5, 5.41) is 12.0. The van der Waals surface area contributed by atoms with Gasteiger partial charge in [-0.15, -0.1) is 0 Å². The predicted octanol–water partition coefficient (Wildman–Crippen LogP) is 0.144. The largest absolute Gasteiger partial charge is 0.394 e. The van der Waals surface area contributed by atoms with Crippen LogP contribution < -0.4 is 22.5 Å². The number of nitrogens with one attached hydrogen (secondary N) is 1. The summed E-state index contributed by atoms with van der Waals surface area (Å²) in [4.78, 5) is 27.8. The van der Waals surface area contributed by atoms with Crippen molar-refractivity contribution in [2.75, 3.05) is 25.4 Å². The Kier molecular flexibility index (Phi) is 8.43. The molecule has 1 aromatic heterocycles. The van der Waals surface area contributed by atoms with E-state index in [2.05, 4.69) is 10.3 Å². The first-order valence-corrected chi connectivity index (χ1v) is 9.36. The number of unbranched alkanes of at least 4 members (excludes halogenated alkanes) is 3. The van der Waals surface area contributed by atoms with Crippen molar-refractivity contribution in [2.24, 2.45) is 5.73 Å². The second-order valence-electron chi connectivity index (χ2n) is 6.57. The van der Waals surface area contributed by atoms with E-state index in [9.17, 15) is 9.59 Å². The first-order valence-electron chi connectivity index (χ1n) is 9.36. The van der Waals surface area contributed by atoms with E-state index in [1.54, 1.807) is 0 Å². The Bertz CT molecular complexity index is 703. The third-order valence-electron chi connectivity index (χ3n) is 4.45. The van der Waals surface area contributed by atoms with Crippen molar-refractivity contribution in [2.45, 2.75) is 50.9 Å². The number of hydrogen-bond acceptors (Lipinski definition) is 7. The number of ether oxygens (including phenoxy) is 1. The van der Waals surface area contributed by atoms with E-state index in [0.29, 0.717) is 31.5 Å². The third-order valence-corrected chi connectivity index (χ3v) is 4.45. The monoisotopic (exact) mass is 379 g/mol. The maximum absolute atomic E-state index is 12.1. The van der Waals surface area contributed by atoms with Crippen molar-refractivity contribution in [3.63, 3.8) is 0 Å². The molecule has 2 unspecified atom stereocenters. The Balaban J connectivity index is 1.93. The number of nitrogen functional groups attached to an aromatic ring is 1. The van der Waals surface area contributed by atoms with Crippen molar-refractivity contribution in [1.29, 1.82) is 0 Å². The minimum atomic E-state index is -0.518. The van der Waals surface area contributed by atoms with Crippen LogP contribution >= 0.6 is 0 Å². The molecule has 0 spiro atoms. The molecule has 1 amide bonds. The highest BCUT2D eigenvalue weighted by molar-refractivity contribution is 5.92. The molecular weight excluding hydrogens is 350 g/mol. The van der Waals surface area contributed by atoms with Gasteiger partial charge in [0.2, 0.25) is 5.91 Å². The number of anilines is 1. The highest BCUT2D eigenvalue weighted by Crippen LogP contribution is 2.27. The van der Waals surface area contributed by atoms with Gasteiger partial charge >= 0.3 is 5.69 Å². The number of aromatic nitrogens is 2. The molecule has 2 atom stereocenters. The summed E-state index contributed by atoms with van der Waals surface area (Å²) in [5.41, 5.74) is 11.2. The molecule has 1 aliphatic rings. The van der Waals surface area contributed by atoms with E-state index >= 15 is 0 Å². The lowest BCUT2D eigenvalue weighted by Crippen LogP contribution is -2.28. The first kappa shape index (κ1) is 21.1. The standard InChI is InChI=1S/C18H29N5O4/c19-9-3-1-2-4-10-21-15(25)7-5-13-11-23(18(26)22-17(13)20)16-8-6-14(12-24)27-16/h5,7,11,14,16,24H,1-4,6,8-10,12,19H2,(H,21,25)(H2,20,22,26)/b7-5+. The fraction of sp³-hybridized carbons (Fsp3) is 0.611. The zero-order chi connectivity index (χ0) is 19.6. The van der Waals surface area contributed by atoms with Crippen molar-refractivity contribution >= 4 is 17.8 Å². The van der Waals surface area contributed by atoms with Crippen molar-refractivity contribution in [3.05, 3.63) is 28.3 Å². The van der Waals surface area contributed by atoms with Gasteiger partial charge in [-0.2, -0.15) is 4.98 Å². The van der Waals surface area contributed by atoms with Crippen LogP contribution in [0.1, 0.15) is 50.3 Å². The van der Waals surface area contributed by atoms with Gasteiger partial charge in [0, 0.05) is 24.4 Å². The van der Waals surface area contributed by atoms with Gasteiger partial charge in [-0.05, 0) is 38.3 Å². The number of hydrogen-bond donors (Lipinski definition) is 4. The Morgan fingerprint density at radius 3 is 2.85 bits per heavy atom. The molecule has 1 saturated heterocycles. The predicted molar refractivity (Wildman–Crippen MR) is 103 cm³/mol. The van der Waals surface area contributed by atoms with E-state index in [1.807, 2.05) is 0 Å². The normalized spacial score (nSPS) is 19.6. The molecule has 9 heteroatoms. The SMILES string of the molecule is NCCCCCCNC(=O)/C=C/c1cn(C2CCC(CO)O2)c(=O)nc1N. The second kappa shape index (κ2) is 10.8. The van der Waals surface area contributed by atoms with Crippen LogP contribution in [0.4, 0.5) is 5.82 Å². The Labute approximate surface area is 158 Å². The summed E-state index contributed by atoms with van der Waals surface area (Å²) in [6.07, 6.45) is 8.91. The highest BCUT2D eigenvalue weighted by Gasteiger charge is 2.27. The molecule has 9 nitrogen and oxygen atoms in total. The third kappa shape index (κ3) is 6.46. The summed E-state index contributed by atoms with van der Waals surface area (Å²) < 4.78 is 6.96. The number of nitrogens with zero attached hydrogens (tertiary/aromatic N) is 2. The number of amides is 1. The molecule has 0 radical (unpaired) electrons. The van der Waals surface area contributed by atoms with Gasteiger partial charge < -0.3 is 26.6 Å². The van der Waals surface area contributed by atoms with Gasteiger partial charge in [0.15, 0.2) is 0 Å². The van der Waals surface area contributed by atoms with Gasteiger partial charge in [-0.1, -0.05) is 12.8 Å². The number of rotatable bonds is 10. The van der Waals surface area contributed by atoms with Crippen LogP contribution in [0, 0.1) is 0 Å². The summed E-state index contributed by atoms with van der Waals surface area (Å²) in [6.45, 7) is 1.20. The summed E-state index contributed by atoms with van der Waals surface area (Å²) in [6, 6.07) is 0. The molecule has 27 heavy (non-hydrogen) atoms. The second-order valence-corrected chi connectivity index (χ2v) is 6.57. The van der Waals surface area contributed by atoms with Gasteiger partial charge in [0.1, 0.15) is 12.0 Å². The quantitative estimate of drug-likeness (QED) is 0.334. The van der Waals surface area contributed by atoms with Crippen LogP contribution in [0.15, 0.2) is 17.1 Å². The number of nitrogens with two attached hydrogens (primary N) is 2. The zero-order valence-electron chi connectivity index (χ0n) is 15.5. The Hall–Kier alpha value is -2.23. The number of carbonyl (C=O) groups excluding carboxylic acids is 1. The average molecular weight is 379 g/mol. The van der Waals surface area contributed by atoms with Crippen LogP contribution in [-0.2, 0) is 9.53 Å². The van der Waals surface area contributed by atoms with Crippen LogP contribution in [0.25, 0.3) is 6.08 Å². The molecule has 0 saturated carbocycles. The molecule has 0 bridgehead atoms. The van der Waals surface area contributed by atoms with Crippen molar-refractivity contribution in [3.8, 4) is 0 Å². The molecular formula is C18H29N5O4. The van der Waals surface area contributed by atoms with Crippen LogP contribution in [0.5, 0.6) is 0 Å². The van der Waals surface area contributed by atoms with Gasteiger partial charge in [-0.25, -0.2) is 4.79 Å². The highest BCUT2D eigenvalue weighted by atomic mass is 16.5. The fourth-order valence-corrected chi connectivity index (χ4v) is 2.92. The first-order chi connectivity index (χ1) is 13.0. The number of aliphatic hydroxyl groups excluding tert-OH is 1. The van der Waals surface area contributed by atoms with Gasteiger partial charge in [-0.3, -0.25) is 9.36 Å². The zero-order valence-corrected chi connectivity index (χ0v) is 15.5. The van der Waals surface area contributed by atoms with Crippen LogP contribution in [0.3, 0.4) is 0 Å². The van der Waals surface area contributed by atoms with Crippen LogP contribution in [0.2, 0.25) is 0 Å². The number of aliphatic hydroxyl groups is 1. The average Bonchev–Trinajstić information content (AvgIpc) is 3.13. The van der Waals surface area contributed by atoms with E-state index in [4.69, 9.17) is 21.3 Å². The lowest BCUT2D eigenvalue weighted by atomic mass is 10.2. The molecule has 1 aliphatic heterocycles. The number of carbonyl (C=O) groups is 1. The van der Waals surface area contributed by atoms with E-state index in [0.717, 1.165) is 25.7 Å². The molecule has 1 fully saturated rings. The van der Waals surface area contributed by atoms with E-state index < -0.39 is 11.9 Å². The summed E-state index contributed by atoms with van der Waals surface area (Å²) in [5.74, 6) is -0.178. The van der Waals surface area contributed by atoms with Gasteiger partial charge in [0.05, 0.1) is 12.7 Å². The minimum absolute atomic E-state index is 0.0544. The maximum Gasteiger partial charge on any atom is 0.351 e. The van der Waals surface area contributed by atoms with Gasteiger partial charge in [0.25, 0.3) is 0 Å². The smallest absolute Gasteiger partial charge is 0.351 e. The lowest BCUT2D eigenvalue weighted by molar-refractivity contribution is -0.116.